The van der Waals surface area contributed by atoms with Gasteiger partial charge in [0.25, 0.3) is 0 Å². The van der Waals surface area contributed by atoms with Crippen molar-refractivity contribution in [1.82, 2.24) is 20.3 Å². The van der Waals surface area contributed by atoms with E-state index in [0.29, 0.717) is 13.1 Å². The van der Waals surface area contributed by atoms with E-state index in [2.05, 4.69) is 17.4 Å². The fourth-order valence-electron chi connectivity index (χ4n) is 2.93. The molecule has 1 rings (SSSR count). The van der Waals surface area contributed by atoms with Crippen LogP contribution in [0.2, 0.25) is 0 Å². The Hall–Kier alpha value is -2.05. The van der Waals surface area contributed by atoms with E-state index in [0.717, 1.165) is 42.6 Å². The van der Waals surface area contributed by atoms with Crippen LogP contribution >= 0.6 is 0 Å². The quantitative estimate of drug-likeness (QED) is 0.574. The van der Waals surface area contributed by atoms with Gasteiger partial charge in [-0.1, -0.05) is 12.1 Å². The monoisotopic (exact) mass is 351 g/mol. The number of aryl methyl sites for hydroxylation is 2. The van der Waals surface area contributed by atoms with Gasteiger partial charge in [0, 0.05) is 44.7 Å². The first-order valence-corrected chi connectivity index (χ1v) is 9.05. The number of likely N-dealkylation sites (N-methyl/N-ethyl adjacent to an activating group) is 2. The zero-order chi connectivity index (χ0) is 19.0. The number of carbonyl (C=O) groups is 1. The second-order valence-corrected chi connectivity index (χ2v) is 6.26. The Balaban J connectivity index is 2.80. The average molecular weight is 351 g/mol. The van der Waals surface area contributed by atoms with Gasteiger partial charge in [0.05, 0.1) is 12.2 Å². The SMILES string of the molecule is CCNC(=NCC(C)c1c(C)noc1C)N(C)CC(=O)N(CC)CC. The summed E-state index contributed by atoms with van der Waals surface area (Å²) in [6, 6.07) is 0. The lowest BCUT2D eigenvalue weighted by molar-refractivity contribution is -0.131. The second-order valence-electron chi connectivity index (χ2n) is 6.26. The highest BCUT2D eigenvalue weighted by Crippen LogP contribution is 2.23. The van der Waals surface area contributed by atoms with Crippen LogP contribution < -0.4 is 5.32 Å². The smallest absolute Gasteiger partial charge is 0.242 e. The summed E-state index contributed by atoms with van der Waals surface area (Å²) in [6.07, 6.45) is 0. The molecule has 0 aliphatic heterocycles. The molecule has 1 heterocycles. The van der Waals surface area contributed by atoms with E-state index < -0.39 is 0 Å². The molecule has 1 unspecified atom stereocenters. The second kappa shape index (κ2) is 10.1. The third-order valence-corrected chi connectivity index (χ3v) is 4.28. The fraction of sp³-hybridized carbons (Fsp3) is 0.722. The summed E-state index contributed by atoms with van der Waals surface area (Å²) in [5.74, 6) is 1.89. The minimum atomic E-state index is 0.108. The molecule has 1 atom stereocenters. The lowest BCUT2D eigenvalue weighted by Crippen LogP contribution is -2.45. The molecule has 1 amide bonds. The van der Waals surface area contributed by atoms with Crippen LogP contribution in [0.5, 0.6) is 0 Å². The number of nitrogens with zero attached hydrogens (tertiary/aromatic N) is 4. The molecule has 0 aromatic carbocycles. The van der Waals surface area contributed by atoms with E-state index in [1.165, 1.54) is 0 Å². The van der Waals surface area contributed by atoms with Gasteiger partial charge in [-0.05, 0) is 34.6 Å². The topological polar surface area (TPSA) is 74.0 Å². The van der Waals surface area contributed by atoms with Gasteiger partial charge in [0.15, 0.2) is 5.96 Å². The maximum absolute atomic E-state index is 12.3. The van der Waals surface area contributed by atoms with E-state index in [4.69, 9.17) is 9.52 Å². The standard InChI is InChI=1S/C18H33N5O2/c1-8-19-18(22(7)12-16(24)23(9-2)10-3)20-11-13(4)17-14(5)21-25-15(17)6/h13H,8-12H2,1-7H3,(H,19,20). The predicted octanol–water partition coefficient (Wildman–Crippen LogP) is 2.16. The van der Waals surface area contributed by atoms with Crippen molar-refractivity contribution in [2.45, 2.75) is 47.5 Å². The highest BCUT2D eigenvalue weighted by Gasteiger charge is 2.18. The van der Waals surface area contributed by atoms with Gasteiger partial charge < -0.3 is 19.6 Å². The van der Waals surface area contributed by atoms with Gasteiger partial charge in [-0.2, -0.15) is 0 Å². The first-order chi connectivity index (χ1) is 11.8. The molecule has 1 aromatic rings. The Kier molecular flexibility index (Phi) is 8.45. The van der Waals surface area contributed by atoms with Crippen LogP contribution in [0.1, 0.15) is 50.6 Å². The van der Waals surface area contributed by atoms with E-state index >= 15 is 0 Å². The summed E-state index contributed by atoms with van der Waals surface area (Å²) < 4.78 is 5.25. The van der Waals surface area contributed by atoms with Crippen LogP contribution in [-0.2, 0) is 4.79 Å². The number of aromatic nitrogens is 1. The maximum atomic E-state index is 12.3. The van der Waals surface area contributed by atoms with E-state index in [1.807, 2.05) is 51.5 Å². The van der Waals surface area contributed by atoms with Crippen LogP contribution in [0.25, 0.3) is 0 Å². The third-order valence-electron chi connectivity index (χ3n) is 4.28. The van der Waals surface area contributed by atoms with Crippen LogP contribution in [0, 0.1) is 13.8 Å². The van der Waals surface area contributed by atoms with Gasteiger partial charge in [-0.25, -0.2) is 0 Å². The Bertz CT molecular complexity index is 559. The van der Waals surface area contributed by atoms with Gasteiger partial charge in [-0.3, -0.25) is 9.79 Å². The van der Waals surface area contributed by atoms with Crippen LogP contribution in [0.4, 0.5) is 0 Å². The average Bonchev–Trinajstić information content (AvgIpc) is 2.91. The summed E-state index contributed by atoms with van der Waals surface area (Å²) in [5.41, 5.74) is 2.02. The molecule has 0 saturated carbocycles. The van der Waals surface area contributed by atoms with Crippen LogP contribution in [0.15, 0.2) is 9.52 Å². The number of amides is 1. The van der Waals surface area contributed by atoms with E-state index in [9.17, 15) is 4.79 Å². The highest BCUT2D eigenvalue weighted by molar-refractivity contribution is 5.86. The number of nitrogens with one attached hydrogen (secondary N) is 1. The number of guanidine groups is 1. The lowest BCUT2D eigenvalue weighted by atomic mass is 10.00. The molecule has 0 spiro atoms. The molecule has 7 heteroatoms. The third kappa shape index (κ3) is 5.76. The number of hydrogen-bond acceptors (Lipinski definition) is 4. The summed E-state index contributed by atoms with van der Waals surface area (Å²) >= 11 is 0. The molecule has 0 aliphatic rings. The fourth-order valence-corrected chi connectivity index (χ4v) is 2.93. The summed E-state index contributed by atoms with van der Waals surface area (Å²) in [5, 5.41) is 7.27. The molecule has 0 saturated heterocycles. The van der Waals surface area contributed by atoms with Crippen molar-refractivity contribution in [1.29, 1.82) is 0 Å². The predicted molar refractivity (Wildman–Crippen MR) is 101 cm³/mol. The van der Waals surface area contributed by atoms with Crippen molar-refractivity contribution < 1.29 is 9.32 Å². The summed E-state index contributed by atoms with van der Waals surface area (Å²) in [4.78, 5) is 20.7. The number of hydrogen-bond donors (Lipinski definition) is 1. The zero-order valence-corrected chi connectivity index (χ0v) is 16.7. The Morgan fingerprint density at radius 1 is 1.28 bits per heavy atom. The van der Waals surface area contributed by atoms with E-state index in [-0.39, 0.29) is 11.8 Å². The summed E-state index contributed by atoms with van der Waals surface area (Å²) in [6.45, 7) is 15.1. The molecular weight excluding hydrogens is 318 g/mol. The molecule has 1 aromatic heterocycles. The van der Waals surface area contributed by atoms with Crippen molar-refractivity contribution in [2.75, 3.05) is 39.8 Å². The molecule has 0 bridgehead atoms. The van der Waals surface area contributed by atoms with Crippen molar-refractivity contribution in [2.24, 2.45) is 4.99 Å². The van der Waals surface area contributed by atoms with Crippen molar-refractivity contribution in [3.8, 4) is 0 Å². The minimum absolute atomic E-state index is 0.108. The first kappa shape index (κ1) is 21.0. The first-order valence-electron chi connectivity index (χ1n) is 9.05. The normalized spacial score (nSPS) is 12.8. The van der Waals surface area contributed by atoms with Gasteiger partial charge in [0.2, 0.25) is 5.91 Å². The molecule has 142 valence electrons. The summed E-state index contributed by atoms with van der Waals surface area (Å²) in [7, 11) is 1.89. The number of carbonyl (C=O) groups excluding carboxylic acids is 1. The molecule has 0 aliphatic carbocycles. The van der Waals surface area contributed by atoms with Crippen LogP contribution in [0.3, 0.4) is 0 Å². The van der Waals surface area contributed by atoms with E-state index in [1.54, 1.807) is 0 Å². The van der Waals surface area contributed by atoms with Gasteiger partial charge >= 0.3 is 0 Å². The highest BCUT2D eigenvalue weighted by atomic mass is 16.5. The van der Waals surface area contributed by atoms with Crippen molar-refractivity contribution in [3.05, 3.63) is 17.0 Å². The van der Waals surface area contributed by atoms with Crippen molar-refractivity contribution >= 4 is 11.9 Å². The molecule has 25 heavy (non-hydrogen) atoms. The molecular formula is C18H33N5O2. The largest absolute Gasteiger partial charge is 0.361 e. The Labute approximate surface area is 151 Å². The molecule has 0 fully saturated rings. The van der Waals surface area contributed by atoms with Crippen LogP contribution in [-0.4, -0.2) is 66.6 Å². The van der Waals surface area contributed by atoms with Gasteiger partial charge in [-0.15, -0.1) is 0 Å². The zero-order valence-electron chi connectivity index (χ0n) is 16.7. The molecule has 0 radical (unpaired) electrons. The molecule has 7 nitrogen and oxygen atoms in total. The minimum Gasteiger partial charge on any atom is -0.361 e. The Morgan fingerprint density at radius 2 is 1.92 bits per heavy atom. The van der Waals surface area contributed by atoms with Crippen molar-refractivity contribution in [3.63, 3.8) is 0 Å². The maximum Gasteiger partial charge on any atom is 0.242 e. The molecule has 1 N–H and O–H groups in total. The van der Waals surface area contributed by atoms with Gasteiger partial charge in [0.1, 0.15) is 5.76 Å². The number of rotatable bonds is 8. The number of aliphatic imine (C=N–C) groups is 1. The Morgan fingerprint density at radius 3 is 2.40 bits per heavy atom. The lowest BCUT2D eigenvalue weighted by Gasteiger charge is -2.26.